The minimum Gasteiger partial charge on any atom is -0.386 e. The summed E-state index contributed by atoms with van der Waals surface area (Å²) in [5.74, 6) is 1.32. The van der Waals surface area contributed by atoms with Crippen molar-refractivity contribution < 1.29 is 9.84 Å². The smallest absolute Gasteiger partial charge is 0.224 e. The van der Waals surface area contributed by atoms with Gasteiger partial charge in [-0.25, -0.2) is 4.98 Å². The number of aliphatic hydroxyl groups is 1. The van der Waals surface area contributed by atoms with Crippen molar-refractivity contribution in [3.05, 3.63) is 12.3 Å². The number of ether oxygens (including phenoxy) is 1. The minimum absolute atomic E-state index is 0.381. The molecule has 1 aromatic heterocycles. The number of anilines is 2. The van der Waals surface area contributed by atoms with Gasteiger partial charge in [0.1, 0.15) is 11.4 Å². The first kappa shape index (κ1) is 13.0. The first-order valence-corrected chi connectivity index (χ1v) is 6.33. The second-order valence-electron chi connectivity index (χ2n) is 4.57. The Morgan fingerprint density at radius 2 is 2.39 bits per heavy atom. The van der Waals surface area contributed by atoms with Crippen LogP contribution in [0.15, 0.2) is 12.3 Å². The van der Waals surface area contributed by atoms with Crippen LogP contribution >= 0.6 is 0 Å². The molecule has 0 aromatic carbocycles. The summed E-state index contributed by atoms with van der Waals surface area (Å²) in [7, 11) is 0. The summed E-state index contributed by atoms with van der Waals surface area (Å²) in [6.07, 6.45) is 3.38. The first-order chi connectivity index (χ1) is 8.72. The number of hydrogen-bond donors (Lipinski definition) is 3. The number of hydrogen-bond acceptors (Lipinski definition) is 6. The van der Waals surface area contributed by atoms with Gasteiger partial charge in [-0.15, -0.1) is 0 Å². The van der Waals surface area contributed by atoms with Crippen molar-refractivity contribution in [3.8, 4) is 0 Å². The van der Waals surface area contributed by atoms with Gasteiger partial charge in [0.25, 0.3) is 0 Å². The zero-order valence-electron chi connectivity index (χ0n) is 10.6. The zero-order chi connectivity index (χ0) is 12.8. The Balaban J connectivity index is 1.88. The lowest BCUT2D eigenvalue weighted by atomic mass is 10.0. The number of aromatic nitrogens is 2. The Morgan fingerprint density at radius 1 is 1.50 bits per heavy atom. The van der Waals surface area contributed by atoms with E-state index in [1.807, 2.05) is 0 Å². The predicted octanol–water partition coefficient (Wildman–Crippen LogP) is 0.862. The maximum atomic E-state index is 10.1. The predicted molar refractivity (Wildman–Crippen MR) is 69.7 cm³/mol. The quantitative estimate of drug-likeness (QED) is 0.697. The van der Waals surface area contributed by atoms with Crippen LogP contribution in [0.5, 0.6) is 0 Å². The molecule has 0 amide bonds. The molecule has 3 N–H and O–H groups in total. The molecule has 1 aromatic rings. The third-order valence-electron chi connectivity index (χ3n) is 2.87. The van der Waals surface area contributed by atoms with Gasteiger partial charge < -0.3 is 20.5 Å². The van der Waals surface area contributed by atoms with Crippen molar-refractivity contribution in [2.75, 3.05) is 36.9 Å². The van der Waals surface area contributed by atoms with E-state index in [4.69, 9.17) is 4.74 Å². The van der Waals surface area contributed by atoms with Crippen LogP contribution in [0.1, 0.15) is 19.8 Å². The first-order valence-electron chi connectivity index (χ1n) is 6.33. The summed E-state index contributed by atoms with van der Waals surface area (Å²) in [6.45, 7) is 4.38. The molecule has 1 aliphatic rings. The lowest BCUT2D eigenvalue weighted by Crippen LogP contribution is -2.37. The van der Waals surface area contributed by atoms with Gasteiger partial charge >= 0.3 is 0 Å². The maximum Gasteiger partial charge on any atom is 0.224 e. The van der Waals surface area contributed by atoms with Gasteiger partial charge in [0.2, 0.25) is 5.95 Å². The van der Waals surface area contributed by atoms with Gasteiger partial charge in [-0.2, -0.15) is 4.98 Å². The van der Waals surface area contributed by atoms with Gasteiger partial charge in [0, 0.05) is 32.3 Å². The Morgan fingerprint density at radius 3 is 3.11 bits per heavy atom. The average molecular weight is 252 g/mol. The van der Waals surface area contributed by atoms with E-state index >= 15 is 0 Å². The third-order valence-corrected chi connectivity index (χ3v) is 2.87. The average Bonchev–Trinajstić information content (AvgIpc) is 2.82. The molecule has 0 spiro atoms. The Kier molecular flexibility index (Phi) is 4.33. The summed E-state index contributed by atoms with van der Waals surface area (Å²) in [6, 6.07) is 1.79. The van der Waals surface area contributed by atoms with Gasteiger partial charge in [-0.1, -0.05) is 6.92 Å². The van der Waals surface area contributed by atoms with E-state index in [0.717, 1.165) is 13.0 Å². The highest BCUT2D eigenvalue weighted by molar-refractivity contribution is 5.39. The largest absolute Gasteiger partial charge is 0.386 e. The van der Waals surface area contributed by atoms with Crippen LogP contribution in [0.4, 0.5) is 11.8 Å². The van der Waals surface area contributed by atoms with Crippen LogP contribution in [0, 0.1) is 0 Å². The molecule has 2 rings (SSSR count). The molecule has 0 bridgehead atoms. The molecule has 100 valence electrons. The van der Waals surface area contributed by atoms with Crippen LogP contribution in [0.2, 0.25) is 0 Å². The fourth-order valence-electron chi connectivity index (χ4n) is 1.77. The van der Waals surface area contributed by atoms with Gasteiger partial charge in [-0.3, -0.25) is 0 Å². The van der Waals surface area contributed by atoms with Crippen molar-refractivity contribution in [3.63, 3.8) is 0 Å². The van der Waals surface area contributed by atoms with Crippen LogP contribution in [0.3, 0.4) is 0 Å². The van der Waals surface area contributed by atoms with Crippen molar-refractivity contribution in [2.24, 2.45) is 0 Å². The van der Waals surface area contributed by atoms with Crippen molar-refractivity contribution in [2.45, 2.75) is 25.4 Å². The highest BCUT2D eigenvalue weighted by atomic mass is 16.5. The summed E-state index contributed by atoms with van der Waals surface area (Å²) in [5.41, 5.74) is -0.776. The highest BCUT2D eigenvalue weighted by Crippen LogP contribution is 2.18. The van der Waals surface area contributed by atoms with E-state index in [-0.39, 0.29) is 0 Å². The lowest BCUT2D eigenvalue weighted by molar-refractivity contribution is 0.0381. The molecule has 0 saturated carbocycles. The van der Waals surface area contributed by atoms with Gasteiger partial charge in [0.05, 0.1) is 6.61 Å². The second-order valence-corrected chi connectivity index (χ2v) is 4.57. The monoisotopic (exact) mass is 252 g/mol. The molecule has 6 heteroatoms. The minimum atomic E-state index is -0.776. The molecule has 18 heavy (non-hydrogen) atoms. The topological polar surface area (TPSA) is 79.3 Å². The van der Waals surface area contributed by atoms with E-state index in [2.05, 4.69) is 27.5 Å². The van der Waals surface area contributed by atoms with Gasteiger partial charge in [-0.05, 0) is 12.5 Å². The molecule has 0 aliphatic carbocycles. The molecule has 1 aliphatic heterocycles. The summed E-state index contributed by atoms with van der Waals surface area (Å²) >= 11 is 0. The highest BCUT2D eigenvalue weighted by Gasteiger charge is 2.31. The van der Waals surface area contributed by atoms with E-state index in [1.54, 1.807) is 12.3 Å². The van der Waals surface area contributed by atoms with Crippen LogP contribution < -0.4 is 10.6 Å². The molecule has 1 fully saturated rings. The molecule has 0 radical (unpaired) electrons. The SMILES string of the molecule is CCCNc1nccc(NCC2(O)CCOC2)n1. The summed E-state index contributed by atoms with van der Waals surface area (Å²) in [5, 5.41) is 16.4. The van der Waals surface area contributed by atoms with E-state index in [9.17, 15) is 5.11 Å². The van der Waals surface area contributed by atoms with E-state index in [0.29, 0.717) is 37.9 Å². The van der Waals surface area contributed by atoms with E-state index in [1.165, 1.54) is 0 Å². The zero-order valence-corrected chi connectivity index (χ0v) is 10.6. The number of nitrogens with one attached hydrogen (secondary N) is 2. The second kappa shape index (κ2) is 5.97. The molecular weight excluding hydrogens is 232 g/mol. The van der Waals surface area contributed by atoms with Crippen LogP contribution in [0.25, 0.3) is 0 Å². The standard InChI is InChI=1S/C12H20N4O2/c1-2-5-13-11-14-6-3-10(16-11)15-8-12(17)4-7-18-9-12/h3,6,17H,2,4-5,7-9H2,1H3,(H2,13,14,15,16). The van der Waals surface area contributed by atoms with Crippen molar-refractivity contribution in [1.82, 2.24) is 9.97 Å². The lowest BCUT2D eigenvalue weighted by Gasteiger charge is -2.21. The van der Waals surface area contributed by atoms with E-state index < -0.39 is 5.60 Å². The molecular formula is C12H20N4O2. The fourth-order valence-corrected chi connectivity index (χ4v) is 1.77. The summed E-state index contributed by atoms with van der Waals surface area (Å²) in [4.78, 5) is 8.44. The maximum absolute atomic E-state index is 10.1. The summed E-state index contributed by atoms with van der Waals surface area (Å²) < 4.78 is 5.19. The third kappa shape index (κ3) is 3.54. The number of nitrogens with zero attached hydrogens (tertiary/aromatic N) is 2. The van der Waals surface area contributed by atoms with Crippen molar-refractivity contribution in [1.29, 1.82) is 0 Å². The molecule has 1 atom stereocenters. The Labute approximate surface area is 107 Å². The molecule has 1 saturated heterocycles. The fraction of sp³-hybridized carbons (Fsp3) is 0.667. The van der Waals surface area contributed by atoms with Crippen LogP contribution in [-0.4, -0.2) is 47.0 Å². The normalized spacial score (nSPS) is 23.0. The Hall–Kier alpha value is -1.40. The Bertz CT molecular complexity index is 380. The van der Waals surface area contributed by atoms with Gasteiger partial charge in [0.15, 0.2) is 0 Å². The van der Waals surface area contributed by atoms with Crippen molar-refractivity contribution >= 4 is 11.8 Å². The van der Waals surface area contributed by atoms with Crippen LogP contribution in [-0.2, 0) is 4.74 Å². The molecule has 2 heterocycles. The number of rotatable bonds is 6. The molecule has 1 unspecified atom stereocenters. The molecule has 6 nitrogen and oxygen atoms in total.